The van der Waals surface area contributed by atoms with Crippen LogP contribution in [0.15, 0.2) is 6.07 Å². The Bertz CT molecular complexity index is 502. The second kappa shape index (κ2) is 6.76. The lowest BCUT2D eigenvalue weighted by Crippen LogP contribution is -2.30. The smallest absolute Gasteiger partial charge is 0.107 e. The molecule has 2 atom stereocenters. The first-order valence-electron chi connectivity index (χ1n) is 7.08. The Morgan fingerprint density at radius 2 is 2.20 bits per heavy atom. The van der Waals surface area contributed by atoms with Gasteiger partial charge in [-0.15, -0.1) is 0 Å². The number of rotatable bonds is 4. The van der Waals surface area contributed by atoms with E-state index in [-0.39, 0.29) is 0 Å². The van der Waals surface area contributed by atoms with Crippen molar-refractivity contribution in [3.05, 3.63) is 23.0 Å². The van der Waals surface area contributed by atoms with E-state index < -0.39 is 0 Å². The number of aromatic nitrogens is 1. The zero-order valence-corrected chi connectivity index (χ0v) is 14.0. The van der Waals surface area contributed by atoms with Crippen LogP contribution in [0.25, 0.3) is 0 Å². The van der Waals surface area contributed by atoms with E-state index in [1.165, 1.54) is 25.7 Å². The molecule has 1 aliphatic rings. The van der Waals surface area contributed by atoms with Crippen molar-refractivity contribution in [2.75, 3.05) is 11.6 Å². The molecule has 110 valence electrons. The molecule has 0 aromatic carbocycles. The summed E-state index contributed by atoms with van der Waals surface area (Å²) in [6.45, 7) is 3.98. The van der Waals surface area contributed by atoms with E-state index in [1.54, 1.807) is 0 Å². The monoisotopic (exact) mass is 309 g/mol. The predicted octanol–water partition coefficient (Wildman–Crippen LogP) is 3.42. The summed E-state index contributed by atoms with van der Waals surface area (Å²) in [5.74, 6) is 0. The molecule has 5 heteroatoms. The molecule has 0 saturated heterocycles. The van der Waals surface area contributed by atoms with Crippen LogP contribution in [0.4, 0.5) is 5.69 Å². The molecular weight excluding hydrogens is 286 g/mol. The second-order valence-electron chi connectivity index (χ2n) is 5.50. The maximum Gasteiger partial charge on any atom is 0.107 e. The van der Waals surface area contributed by atoms with Gasteiger partial charge in [0.1, 0.15) is 4.99 Å². The highest BCUT2D eigenvalue weighted by Crippen LogP contribution is 2.30. The van der Waals surface area contributed by atoms with Crippen molar-refractivity contribution in [1.29, 1.82) is 0 Å². The first-order chi connectivity index (χ1) is 9.51. The third-order valence-electron chi connectivity index (χ3n) is 3.89. The summed E-state index contributed by atoms with van der Waals surface area (Å²) in [5, 5.41) is 4.42. The van der Waals surface area contributed by atoms with Gasteiger partial charge in [0.25, 0.3) is 0 Å². The van der Waals surface area contributed by atoms with Gasteiger partial charge >= 0.3 is 0 Å². The zero-order chi connectivity index (χ0) is 14.7. The molecule has 20 heavy (non-hydrogen) atoms. The average molecular weight is 310 g/mol. The average Bonchev–Trinajstić information content (AvgIpc) is 2.37. The lowest BCUT2D eigenvalue weighted by atomic mass is 9.94. The van der Waals surface area contributed by atoms with E-state index in [2.05, 4.69) is 22.6 Å². The number of thiocarbonyl (C=S) groups is 1. The van der Waals surface area contributed by atoms with Gasteiger partial charge in [-0.05, 0) is 45.4 Å². The topological polar surface area (TPSA) is 50.9 Å². The minimum absolute atomic E-state index is 0.426. The minimum Gasteiger partial charge on any atom is -0.389 e. The van der Waals surface area contributed by atoms with Gasteiger partial charge in [0.15, 0.2) is 0 Å². The van der Waals surface area contributed by atoms with Crippen molar-refractivity contribution in [2.24, 2.45) is 5.73 Å². The molecule has 1 saturated carbocycles. The summed E-state index contributed by atoms with van der Waals surface area (Å²) in [5.41, 5.74) is 9.74. The maximum atomic E-state index is 5.87. The quantitative estimate of drug-likeness (QED) is 0.835. The molecule has 1 aromatic rings. The Morgan fingerprint density at radius 1 is 1.45 bits per heavy atom. The van der Waals surface area contributed by atoms with Gasteiger partial charge in [-0.25, -0.2) is 0 Å². The summed E-state index contributed by atoms with van der Waals surface area (Å²) < 4.78 is 0. The number of pyridine rings is 1. The summed E-state index contributed by atoms with van der Waals surface area (Å²) in [6.07, 6.45) is 7.24. The number of hydrogen-bond donors (Lipinski definition) is 2. The largest absolute Gasteiger partial charge is 0.389 e. The highest BCUT2D eigenvalue weighted by molar-refractivity contribution is 7.99. The normalized spacial score (nSPS) is 22.6. The molecular formula is C15H23N3S2. The second-order valence-corrected chi connectivity index (χ2v) is 7.08. The van der Waals surface area contributed by atoms with Gasteiger partial charge < -0.3 is 11.1 Å². The lowest BCUT2D eigenvalue weighted by Gasteiger charge is -2.30. The molecule has 0 aliphatic heterocycles. The highest BCUT2D eigenvalue weighted by atomic mass is 32.2. The van der Waals surface area contributed by atoms with Crippen molar-refractivity contribution in [2.45, 2.75) is 50.8 Å². The van der Waals surface area contributed by atoms with Crippen LogP contribution >= 0.6 is 24.0 Å². The molecule has 0 bridgehead atoms. The SMILES string of the molecule is CSC1CCCC(Nc2cc(C)nc(C)c2C(N)=S)C1. The van der Waals surface area contributed by atoms with E-state index in [4.69, 9.17) is 18.0 Å². The molecule has 2 unspecified atom stereocenters. The van der Waals surface area contributed by atoms with E-state index in [0.717, 1.165) is 27.9 Å². The third kappa shape index (κ3) is 3.64. The molecule has 0 spiro atoms. The van der Waals surface area contributed by atoms with Crippen LogP contribution in [0.3, 0.4) is 0 Å². The van der Waals surface area contributed by atoms with Crippen LogP contribution in [-0.4, -0.2) is 27.5 Å². The van der Waals surface area contributed by atoms with Crippen LogP contribution in [0.5, 0.6) is 0 Å². The first kappa shape index (κ1) is 15.6. The van der Waals surface area contributed by atoms with E-state index in [9.17, 15) is 0 Å². The maximum absolute atomic E-state index is 5.87. The Hall–Kier alpha value is -0.810. The van der Waals surface area contributed by atoms with Crippen LogP contribution in [0, 0.1) is 13.8 Å². The molecule has 1 heterocycles. The highest BCUT2D eigenvalue weighted by Gasteiger charge is 2.22. The number of nitrogens with two attached hydrogens (primary N) is 1. The number of hydrogen-bond acceptors (Lipinski definition) is 4. The summed E-state index contributed by atoms with van der Waals surface area (Å²) in [4.78, 5) is 4.89. The van der Waals surface area contributed by atoms with Crippen LogP contribution in [-0.2, 0) is 0 Å². The van der Waals surface area contributed by atoms with E-state index in [1.807, 2.05) is 25.6 Å². The Morgan fingerprint density at radius 3 is 2.85 bits per heavy atom. The molecule has 0 amide bonds. The van der Waals surface area contributed by atoms with Gasteiger partial charge in [0, 0.05) is 28.4 Å². The molecule has 3 N–H and O–H groups in total. The van der Waals surface area contributed by atoms with Crippen molar-refractivity contribution < 1.29 is 0 Å². The molecule has 1 aliphatic carbocycles. The van der Waals surface area contributed by atoms with Crippen molar-refractivity contribution in [3.63, 3.8) is 0 Å². The minimum atomic E-state index is 0.426. The Balaban J connectivity index is 2.22. The Kier molecular flexibility index (Phi) is 5.27. The number of anilines is 1. The standard InChI is InChI=1S/C15H23N3S2/c1-9-7-13(14(15(16)19)10(2)17-9)18-11-5-4-6-12(8-11)20-3/h7,11-12H,4-6,8H2,1-3H3,(H2,16,19)(H,17,18). The van der Waals surface area contributed by atoms with Gasteiger partial charge in [0.2, 0.25) is 0 Å². The van der Waals surface area contributed by atoms with Gasteiger partial charge in [-0.3, -0.25) is 4.98 Å². The van der Waals surface area contributed by atoms with Gasteiger partial charge in [-0.2, -0.15) is 11.8 Å². The zero-order valence-electron chi connectivity index (χ0n) is 12.4. The van der Waals surface area contributed by atoms with Gasteiger partial charge in [-0.1, -0.05) is 18.6 Å². The van der Waals surface area contributed by atoms with Crippen molar-refractivity contribution >= 4 is 34.7 Å². The number of aryl methyl sites for hydroxylation is 2. The molecule has 1 aromatic heterocycles. The Labute approximate surface area is 131 Å². The third-order valence-corrected chi connectivity index (χ3v) is 5.19. The van der Waals surface area contributed by atoms with Crippen molar-refractivity contribution in [3.8, 4) is 0 Å². The summed E-state index contributed by atoms with van der Waals surface area (Å²) >= 11 is 7.16. The van der Waals surface area contributed by atoms with E-state index in [0.29, 0.717) is 11.0 Å². The fourth-order valence-corrected chi connectivity index (χ4v) is 4.05. The number of thioether (sulfide) groups is 1. The fourth-order valence-electron chi connectivity index (χ4n) is 2.96. The molecule has 3 nitrogen and oxygen atoms in total. The molecule has 2 rings (SSSR count). The number of nitrogens with zero attached hydrogens (tertiary/aromatic N) is 1. The van der Waals surface area contributed by atoms with Crippen molar-refractivity contribution in [1.82, 2.24) is 4.98 Å². The van der Waals surface area contributed by atoms with Crippen LogP contribution in [0.1, 0.15) is 42.6 Å². The molecule has 1 fully saturated rings. The van der Waals surface area contributed by atoms with Gasteiger partial charge in [0.05, 0.1) is 5.56 Å². The first-order valence-corrected chi connectivity index (χ1v) is 8.78. The lowest BCUT2D eigenvalue weighted by molar-refractivity contribution is 0.473. The number of nitrogens with one attached hydrogen (secondary N) is 1. The summed E-state index contributed by atoms with van der Waals surface area (Å²) in [7, 11) is 0. The van der Waals surface area contributed by atoms with Crippen LogP contribution < -0.4 is 11.1 Å². The van der Waals surface area contributed by atoms with E-state index >= 15 is 0 Å². The predicted molar refractivity (Wildman–Crippen MR) is 92.8 cm³/mol. The molecule has 0 radical (unpaired) electrons. The fraction of sp³-hybridized carbons (Fsp3) is 0.600. The summed E-state index contributed by atoms with van der Waals surface area (Å²) in [6, 6.07) is 2.57. The van der Waals surface area contributed by atoms with Crippen LogP contribution in [0.2, 0.25) is 0 Å².